The highest BCUT2D eigenvalue weighted by molar-refractivity contribution is 7.92. The Hall–Kier alpha value is -2.52. The molecule has 0 saturated heterocycles. The number of thiocarbonyl (C=S) groups is 1. The topological polar surface area (TPSA) is 88.7 Å². The van der Waals surface area contributed by atoms with Crippen molar-refractivity contribution in [1.82, 2.24) is 5.32 Å². The Morgan fingerprint density at radius 3 is 2.32 bits per heavy atom. The van der Waals surface area contributed by atoms with Crippen LogP contribution in [0.3, 0.4) is 0 Å². The lowest BCUT2D eigenvalue weighted by Crippen LogP contribution is -2.24. The van der Waals surface area contributed by atoms with Crippen LogP contribution in [0.15, 0.2) is 47.4 Å². The first-order chi connectivity index (χ1) is 12.0. The van der Waals surface area contributed by atoms with Gasteiger partial charge in [0.15, 0.2) is 16.6 Å². The Morgan fingerprint density at radius 1 is 1.00 bits per heavy atom. The van der Waals surface area contributed by atoms with E-state index < -0.39 is 10.0 Å². The highest BCUT2D eigenvalue weighted by Crippen LogP contribution is 2.32. The third-order valence-corrected chi connectivity index (χ3v) is 5.13. The number of hydrogen-bond acceptors (Lipinski definition) is 5. The molecule has 1 heterocycles. The SMILES string of the molecule is CNC(=S)Nc1ccc(NS(=O)(=O)c2ccc3c(c2)OCCO3)cc1. The normalized spacial score (nSPS) is 13.0. The number of sulfonamides is 1. The molecule has 0 saturated carbocycles. The van der Waals surface area contributed by atoms with Gasteiger partial charge in [-0.15, -0.1) is 0 Å². The van der Waals surface area contributed by atoms with Crippen molar-refractivity contribution in [3.8, 4) is 11.5 Å². The van der Waals surface area contributed by atoms with Crippen LogP contribution in [0.5, 0.6) is 11.5 Å². The Labute approximate surface area is 151 Å². The molecule has 0 radical (unpaired) electrons. The zero-order valence-electron chi connectivity index (χ0n) is 13.4. The maximum absolute atomic E-state index is 12.5. The summed E-state index contributed by atoms with van der Waals surface area (Å²) in [6.45, 7) is 0.849. The zero-order chi connectivity index (χ0) is 17.9. The van der Waals surface area contributed by atoms with E-state index in [0.29, 0.717) is 35.5 Å². The van der Waals surface area contributed by atoms with E-state index in [-0.39, 0.29) is 4.90 Å². The first kappa shape index (κ1) is 17.3. The molecule has 0 spiro atoms. The van der Waals surface area contributed by atoms with Crippen molar-refractivity contribution >= 4 is 38.7 Å². The molecule has 3 N–H and O–H groups in total. The Bertz CT molecular complexity index is 883. The van der Waals surface area contributed by atoms with Gasteiger partial charge in [-0.2, -0.15) is 0 Å². The molecular weight excluding hydrogens is 362 g/mol. The van der Waals surface area contributed by atoms with Crippen LogP contribution < -0.4 is 24.8 Å². The fourth-order valence-electron chi connectivity index (χ4n) is 2.22. The molecule has 132 valence electrons. The highest BCUT2D eigenvalue weighted by Gasteiger charge is 2.19. The number of nitrogens with one attached hydrogen (secondary N) is 3. The summed E-state index contributed by atoms with van der Waals surface area (Å²) < 4.78 is 38.5. The average Bonchev–Trinajstić information content (AvgIpc) is 2.62. The molecule has 1 aliphatic heterocycles. The maximum Gasteiger partial charge on any atom is 0.262 e. The smallest absolute Gasteiger partial charge is 0.262 e. The molecule has 0 amide bonds. The van der Waals surface area contributed by atoms with Crippen LogP contribution >= 0.6 is 12.2 Å². The van der Waals surface area contributed by atoms with Crippen molar-refractivity contribution in [2.45, 2.75) is 4.90 Å². The molecule has 0 bridgehead atoms. The summed E-state index contributed by atoms with van der Waals surface area (Å²) in [6, 6.07) is 11.3. The Morgan fingerprint density at radius 2 is 1.64 bits per heavy atom. The zero-order valence-corrected chi connectivity index (χ0v) is 15.0. The van der Waals surface area contributed by atoms with Crippen LogP contribution in [0.1, 0.15) is 0 Å². The summed E-state index contributed by atoms with van der Waals surface area (Å²) in [5.74, 6) is 0.968. The van der Waals surface area contributed by atoms with Crippen LogP contribution in [0.25, 0.3) is 0 Å². The maximum atomic E-state index is 12.5. The van der Waals surface area contributed by atoms with Gasteiger partial charge >= 0.3 is 0 Å². The van der Waals surface area contributed by atoms with Gasteiger partial charge in [0.25, 0.3) is 10.0 Å². The van der Waals surface area contributed by atoms with E-state index in [9.17, 15) is 8.42 Å². The fraction of sp³-hybridized carbons (Fsp3) is 0.188. The van der Waals surface area contributed by atoms with Crippen molar-refractivity contribution < 1.29 is 17.9 Å². The number of hydrogen-bond donors (Lipinski definition) is 3. The van der Waals surface area contributed by atoms with E-state index in [0.717, 1.165) is 5.69 Å². The van der Waals surface area contributed by atoms with Crippen LogP contribution in [0.4, 0.5) is 11.4 Å². The van der Waals surface area contributed by atoms with E-state index in [2.05, 4.69) is 15.4 Å². The summed E-state index contributed by atoms with van der Waals surface area (Å²) in [4.78, 5) is 0.107. The minimum absolute atomic E-state index is 0.107. The van der Waals surface area contributed by atoms with Gasteiger partial charge in [0.2, 0.25) is 0 Å². The Balaban J connectivity index is 1.76. The molecular formula is C16H17N3O4S2. The predicted molar refractivity (Wildman–Crippen MR) is 100.0 cm³/mol. The minimum Gasteiger partial charge on any atom is -0.486 e. The predicted octanol–water partition coefficient (Wildman–Crippen LogP) is 2.17. The number of fused-ring (bicyclic) bond motifs is 1. The molecule has 2 aromatic carbocycles. The largest absolute Gasteiger partial charge is 0.486 e. The number of anilines is 2. The number of ether oxygens (including phenoxy) is 2. The number of benzene rings is 2. The molecule has 1 aliphatic rings. The van der Waals surface area contributed by atoms with Gasteiger partial charge in [0.05, 0.1) is 4.90 Å². The molecule has 0 unspecified atom stereocenters. The third-order valence-electron chi connectivity index (χ3n) is 3.45. The van der Waals surface area contributed by atoms with Crippen molar-refractivity contribution in [1.29, 1.82) is 0 Å². The summed E-state index contributed by atoms with van der Waals surface area (Å²) >= 11 is 5.01. The van der Waals surface area contributed by atoms with Gasteiger partial charge in [-0.05, 0) is 48.6 Å². The van der Waals surface area contributed by atoms with Gasteiger partial charge < -0.3 is 20.1 Å². The summed E-state index contributed by atoms with van der Waals surface area (Å²) in [5.41, 5.74) is 1.19. The number of rotatable bonds is 4. The van der Waals surface area contributed by atoms with Gasteiger partial charge in [-0.25, -0.2) is 8.42 Å². The quantitative estimate of drug-likeness (QED) is 0.702. The van der Waals surface area contributed by atoms with Crippen molar-refractivity contribution in [2.75, 3.05) is 30.3 Å². The highest BCUT2D eigenvalue weighted by atomic mass is 32.2. The lowest BCUT2D eigenvalue weighted by atomic mass is 10.3. The molecule has 0 atom stereocenters. The molecule has 3 rings (SSSR count). The van der Waals surface area contributed by atoms with Gasteiger partial charge in [0.1, 0.15) is 13.2 Å². The lowest BCUT2D eigenvalue weighted by Gasteiger charge is -2.19. The summed E-state index contributed by atoms with van der Waals surface area (Å²) in [7, 11) is -2.02. The Kier molecular flexibility index (Phi) is 4.95. The molecule has 25 heavy (non-hydrogen) atoms. The van der Waals surface area contributed by atoms with E-state index >= 15 is 0 Å². The third kappa shape index (κ3) is 4.12. The van der Waals surface area contributed by atoms with Gasteiger partial charge in [-0.3, -0.25) is 4.72 Å². The van der Waals surface area contributed by atoms with Crippen LogP contribution in [-0.4, -0.2) is 33.8 Å². The van der Waals surface area contributed by atoms with E-state index in [1.807, 2.05) is 0 Å². The first-order valence-electron chi connectivity index (χ1n) is 7.49. The minimum atomic E-state index is -3.73. The van der Waals surface area contributed by atoms with E-state index in [1.165, 1.54) is 12.1 Å². The second-order valence-corrected chi connectivity index (χ2v) is 7.28. The lowest BCUT2D eigenvalue weighted by molar-refractivity contribution is 0.171. The van der Waals surface area contributed by atoms with Crippen molar-refractivity contribution in [3.05, 3.63) is 42.5 Å². The van der Waals surface area contributed by atoms with Crippen LogP contribution in [0.2, 0.25) is 0 Å². The van der Waals surface area contributed by atoms with Gasteiger partial charge in [0, 0.05) is 24.5 Å². The molecule has 9 heteroatoms. The molecule has 0 aromatic heterocycles. The molecule has 2 aromatic rings. The standard InChI is InChI=1S/C16H17N3O4S2/c1-17-16(24)18-11-2-4-12(5-3-11)19-25(20,21)13-6-7-14-15(10-13)23-9-8-22-14/h2-7,10,19H,8-9H2,1H3,(H2,17,18,24). The summed E-state index contributed by atoms with van der Waals surface area (Å²) in [6.07, 6.45) is 0. The van der Waals surface area contributed by atoms with Crippen molar-refractivity contribution in [2.24, 2.45) is 0 Å². The van der Waals surface area contributed by atoms with Crippen LogP contribution in [-0.2, 0) is 10.0 Å². The fourth-order valence-corrected chi connectivity index (χ4v) is 3.41. The first-order valence-corrected chi connectivity index (χ1v) is 9.38. The monoisotopic (exact) mass is 379 g/mol. The average molecular weight is 379 g/mol. The molecule has 0 fully saturated rings. The second kappa shape index (κ2) is 7.16. The molecule has 0 aliphatic carbocycles. The second-order valence-electron chi connectivity index (χ2n) is 5.19. The van der Waals surface area contributed by atoms with Crippen LogP contribution in [0, 0.1) is 0 Å². The molecule has 7 nitrogen and oxygen atoms in total. The van der Waals surface area contributed by atoms with E-state index in [1.54, 1.807) is 37.4 Å². The van der Waals surface area contributed by atoms with Gasteiger partial charge in [-0.1, -0.05) is 0 Å². The van der Waals surface area contributed by atoms with Crippen molar-refractivity contribution in [3.63, 3.8) is 0 Å². The summed E-state index contributed by atoms with van der Waals surface area (Å²) in [5, 5.41) is 6.24. The van der Waals surface area contributed by atoms with E-state index in [4.69, 9.17) is 21.7 Å².